The van der Waals surface area contributed by atoms with Gasteiger partial charge in [0.25, 0.3) is 0 Å². The molecule has 0 spiro atoms. The number of aromatic carboxylic acids is 2. The molecule has 1 aliphatic heterocycles. The van der Waals surface area contributed by atoms with Gasteiger partial charge < -0.3 is 19.7 Å². The molecule has 0 aromatic heterocycles. The number of ether oxygens (including phenoxy) is 2. The van der Waals surface area contributed by atoms with Gasteiger partial charge in [-0.3, -0.25) is 4.90 Å². The van der Waals surface area contributed by atoms with Crippen LogP contribution in [-0.2, 0) is 13.0 Å². The highest BCUT2D eigenvalue weighted by Gasteiger charge is 2.26. The topological polar surface area (TPSA) is 96.3 Å². The van der Waals surface area contributed by atoms with Crippen molar-refractivity contribution in [3.05, 3.63) is 58.7 Å². The summed E-state index contributed by atoms with van der Waals surface area (Å²) in [7, 11) is 2.92. The Morgan fingerprint density at radius 3 is 2.55 bits per heavy atom. The van der Waals surface area contributed by atoms with Gasteiger partial charge in [-0.2, -0.15) is 0 Å². The van der Waals surface area contributed by atoms with Gasteiger partial charge in [0, 0.05) is 13.1 Å². The van der Waals surface area contributed by atoms with Crippen LogP contribution < -0.4 is 9.47 Å². The molecule has 0 aliphatic carbocycles. The lowest BCUT2D eigenvalue weighted by atomic mass is 9.97. The molecule has 3 rings (SSSR count). The molecule has 2 aromatic rings. The van der Waals surface area contributed by atoms with Crippen LogP contribution in [0.4, 0.5) is 0 Å². The molecule has 1 aliphatic rings. The summed E-state index contributed by atoms with van der Waals surface area (Å²) < 4.78 is 10.5. The maximum Gasteiger partial charge on any atom is 0.339 e. The Bertz CT molecular complexity index is 910. The van der Waals surface area contributed by atoms with Gasteiger partial charge in [-0.15, -0.1) is 0 Å². The number of benzene rings is 2. The Labute approximate surface area is 169 Å². The zero-order valence-electron chi connectivity index (χ0n) is 16.6. The molecule has 1 atom stereocenters. The van der Waals surface area contributed by atoms with Crippen molar-refractivity contribution in [2.45, 2.75) is 19.4 Å². The van der Waals surface area contributed by atoms with Crippen molar-refractivity contribution < 1.29 is 29.3 Å². The van der Waals surface area contributed by atoms with E-state index in [2.05, 4.69) is 4.90 Å². The summed E-state index contributed by atoms with van der Waals surface area (Å²) in [5, 5.41) is 18.8. The summed E-state index contributed by atoms with van der Waals surface area (Å²) in [6.07, 6.45) is 1.78. The third-order valence-corrected chi connectivity index (χ3v) is 5.31. The molecule has 0 bridgehead atoms. The van der Waals surface area contributed by atoms with E-state index in [4.69, 9.17) is 14.6 Å². The molecule has 0 saturated carbocycles. The zero-order chi connectivity index (χ0) is 21.0. The van der Waals surface area contributed by atoms with Gasteiger partial charge in [0.2, 0.25) is 0 Å². The van der Waals surface area contributed by atoms with E-state index >= 15 is 0 Å². The largest absolute Gasteiger partial charge is 0.493 e. The van der Waals surface area contributed by atoms with Crippen LogP contribution in [0.2, 0.25) is 0 Å². The second-order valence-electron chi connectivity index (χ2n) is 7.24. The monoisotopic (exact) mass is 399 g/mol. The van der Waals surface area contributed by atoms with Crippen LogP contribution in [0.25, 0.3) is 0 Å². The normalized spacial score (nSPS) is 16.6. The lowest BCUT2D eigenvalue weighted by Gasteiger charge is -2.20. The number of carboxylic acids is 2. The molecule has 0 radical (unpaired) electrons. The highest BCUT2D eigenvalue weighted by atomic mass is 16.5. The van der Waals surface area contributed by atoms with Gasteiger partial charge >= 0.3 is 11.9 Å². The van der Waals surface area contributed by atoms with Crippen LogP contribution in [0.1, 0.15) is 38.3 Å². The smallest absolute Gasteiger partial charge is 0.339 e. The highest BCUT2D eigenvalue weighted by Crippen LogP contribution is 2.35. The molecule has 1 saturated heterocycles. The first-order valence-electron chi connectivity index (χ1n) is 9.44. The Balaban J connectivity index is 1.71. The Kier molecular flexibility index (Phi) is 6.39. The molecular formula is C22H25NO6. The lowest BCUT2D eigenvalue weighted by molar-refractivity contribution is 0.0682. The molecule has 2 aromatic carbocycles. The molecule has 29 heavy (non-hydrogen) atoms. The molecule has 154 valence electrons. The van der Waals surface area contributed by atoms with Crippen molar-refractivity contribution in [2.75, 3.05) is 27.3 Å². The number of nitrogens with zero attached hydrogens (tertiary/aromatic N) is 1. The molecule has 1 fully saturated rings. The minimum Gasteiger partial charge on any atom is -0.493 e. The Morgan fingerprint density at radius 1 is 1.10 bits per heavy atom. The number of carbonyl (C=O) groups is 2. The molecule has 2 N–H and O–H groups in total. The van der Waals surface area contributed by atoms with Crippen molar-refractivity contribution in [3.8, 4) is 11.5 Å². The average molecular weight is 399 g/mol. The second-order valence-corrected chi connectivity index (χ2v) is 7.24. The van der Waals surface area contributed by atoms with Gasteiger partial charge in [-0.25, -0.2) is 9.59 Å². The molecule has 1 heterocycles. The Hall–Kier alpha value is -3.06. The predicted octanol–water partition coefficient (Wildman–Crippen LogP) is 3.16. The van der Waals surface area contributed by atoms with Crippen molar-refractivity contribution in [1.29, 1.82) is 0 Å². The average Bonchev–Trinajstić information content (AvgIpc) is 3.14. The van der Waals surface area contributed by atoms with Crippen LogP contribution >= 0.6 is 0 Å². The fraction of sp³-hybridized carbons (Fsp3) is 0.364. The third-order valence-electron chi connectivity index (χ3n) is 5.31. The molecule has 1 unspecified atom stereocenters. The van der Waals surface area contributed by atoms with Crippen molar-refractivity contribution in [3.63, 3.8) is 0 Å². The fourth-order valence-corrected chi connectivity index (χ4v) is 3.96. The van der Waals surface area contributed by atoms with Gasteiger partial charge in [0.1, 0.15) is 5.56 Å². The number of likely N-dealkylation sites (tertiary alicyclic amines) is 1. The van der Waals surface area contributed by atoms with E-state index in [9.17, 15) is 14.7 Å². The summed E-state index contributed by atoms with van der Waals surface area (Å²) >= 11 is 0. The summed E-state index contributed by atoms with van der Waals surface area (Å²) in [6, 6.07) is 10.5. The van der Waals surface area contributed by atoms with Gasteiger partial charge in [0.05, 0.1) is 19.8 Å². The lowest BCUT2D eigenvalue weighted by Crippen LogP contribution is -2.22. The molecule has 7 heteroatoms. The first kappa shape index (κ1) is 20.7. The van der Waals surface area contributed by atoms with Gasteiger partial charge in [0.15, 0.2) is 11.5 Å². The van der Waals surface area contributed by atoms with E-state index in [-0.39, 0.29) is 11.3 Å². The summed E-state index contributed by atoms with van der Waals surface area (Å²) in [6.45, 7) is 2.19. The van der Waals surface area contributed by atoms with Crippen LogP contribution in [-0.4, -0.2) is 54.4 Å². The minimum absolute atomic E-state index is 0.129. The van der Waals surface area contributed by atoms with E-state index in [1.165, 1.54) is 14.2 Å². The molecule has 7 nitrogen and oxygen atoms in total. The number of methoxy groups -OCH3 is 2. The first-order valence-corrected chi connectivity index (χ1v) is 9.44. The van der Waals surface area contributed by atoms with Crippen molar-refractivity contribution >= 4 is 11.9 Å². The van der Waals surface area contributed by atoms with Crippen LogP contribution in [0.15, 0.2) is 36.4 Å². The third kappa shape index (κ3) is 4.68. The standard InChI is InChI=1S/C22H25NO6/c1-28-18-7-6-17(19(22(26)27)20(18)29-2)13-23-9-8-15(12-23)10-14-4-3-5-16(11-14)21(24)25/h3-7,11,15H,8-10,12-13H2,1-2H3,(H,24,25)(H,26,27). The van der Waals surface area contributed by atoms with E-state index in [1.54, 1.807) is 30.3 Å². The number of carboxylic acid groups (broad SMARTS) is 2. The van der Waals surface area contributed by atoms with Crippen LogP contribution in [0.3, 0.4) is 0 Å². The van der Waals surface area contributed by atoms with E-state index < -0.39 is 11.9 Å². The van der Waals surface area contributed by atoms with E-state index in [1.807, 2.05) is 6.07 Å². The molecular weight excluding hydrogens is 374 g/mol. The second kappa shape index (κ2) is 8.96. The maximum atomic E-state index is 11.8. The van der Waals surface area contributed by atoms with Crippen LogP contribution in [0.5, 0.6) is 11.5 Å². The Morgan fingerprint density at radius 2 is 1.90 bits per heavy atom. The highest BCUT2D eigenvalue weighted by molar-refractivity contribution is 5.94. The van der Waals surface area contributed by atoms with Crippen LogP contribution in [0, 0.1) is 5.92 Å². The van der Waals surface area contributed by atoms with Gasteiger partial charge in [-0.1, -0.05) is 18.2 Å². The zero-order valence-corrected chi connectivity index (χ0v) is 16.6. The van der Waals surface area contributed by atoms with E-state index in [0.29, 0.717) is 29.3 Å². The van der Waals surface area contributed by atoms with Gasteiger partial charge in [-0.05, 0) is 54.6 Å². The van der Waals surface area contributed by atoms with Crippen molar-refractivity contribution in [1.82, 2.24) is 4.90 Å². The van der Waals surface area contributed by atoms with E-state index in [0.717, 1.165) is 31.5 Å². The minimum atomic E-state index is -1.04. The first-order chi connectivity index (χ1) is 13.9. The summed E-state index contributed by atoms with van der Waals surface area (Å²) in [5.74, 6) is -0.941. The maximum absolute atomic E-state index is 11.8. The number of hydrogen-bond donors (Lipinski definition) is 2. The quantitative estimate of drug-likeness (QED) is 0.704. The van der Waals surface area contributed by atoms with Crippen molar-refractivity contribution in [2.24, 2.45) is 5.92 Å². The summed E-state index contributed by atoms with van der Waals surface area (Å²) in [5.41, 5.74) is 2.12. The predicted molar refractivity (Wildman–Crippen MR) is 107 cm³/mol. The summed E-state index contributed by atoms with van der Waals surface area (Å²) in [4.78, 5) is 25.2. The SMILES string of the molecule is COc1ccc(CN2CCC(Cc3cccc(C(=O)O)c3)C2)c(C(=O)O)c1OC. The fourth-order valence-electron chi connectivity index (χ4n) is 3.96. The number of rotatable bonds is 8. The number of hydrogen-bond acceptors (Lipinski definition) is 5. The molecule has 0 amide bonds.